The molecule has 0 amide bonds. The summed E-state index contributed by atoms with van der Waals surface area (Å²) in [7, 11) is -3.48. The lowest BCUT2D eigenvalue weighted by atomic mass is 10.2. The van der Waals surface area contributed by atoms with E-state index in [0.717, 1.165) is 5.56 Å². The van der Waals surface area contributed by atoms with Gasteiger partial charge in [0.05, 0.1) is 17.6 Å². The zero-order valence-corrected chi connectivity index (χ0v) is 12.1. The van der Waals surface area contributed by atoms with Gasteiger partial charge in [-0.1, -0.05) is 12.1 Å². The van der Waals surface area contributed by atoms with Gasteiger partial charge in [-0.25, -0.2) is 13.1 Å². The summed E-state index contributed by atoms with van der Waals surface area (Å²) >= 11 is 0. The van der Waals surface area contributed by atoms with Crippen molar-refractivity contribution in [1.82, 2.24) is 4.72 Å². The van der Waals surface area contributed by atoms with Gasteiger partial charge in [0.2, 0.25) is 10.0 Å². The van der Waals surface area contributed by atoms with E-state index in [9.17, 15) is 8.42 Å². The van der Waals surface area contributed by atoms with Crippen LogP contribution in [-0.2, 0) is 21.2 Å². The van der Waals surface area contributed by atoms with E-state index < -0.39 is 10.0 Å². The van der Waals surface area contributed by atoms with Crippen LogP contribution in [0, 0.1) is 0 Å². The Morgan fingerprint density at radius 3 is 2.42 bits per heavy atom. The van der Waals surface area contributed by atoms with Gasteiger partial charge in [-0.05, 0) is 38.0 Å². The summed E-state index contributed by atoms with van der Waals surface area (Å²) < 4.78 is 31.6. The normalized spacial score (nSPS) is 12.0. The van der Waals surface area contributed by atoms with Gasteiger partial charge in [-0.3, -0.25) is 0 Å². The summed E-state index contributed by atoms with van der Waals surface area (Å²) in [5.74, 6) is 0. The molecule has 108 valence electrons. The molecule has 0 aliphatic carbocycles. The SMILES string of the molecule is CC(C)OCCNS(=O)(=O)c1ccc(CCO)cc1. The molecule has 0 unspecified atom stereocenters. The quantitative estimate of drug-likeness (QED) is 0.697. The third-order valence-corrected chi connectivity index (χ3v) is 3.96. The van der Waals surface area contributed by atoms with Gasteiger partial charge >= 0.3 is 0 Å². The monoisotopic (exact) mass is 287 g/mol. The molecular formula is C13H21NO4S. The Kier molecular flexibility index (Phi) is 6.44. The van der Waals surface area contributed by atoms with Crippen molar-refractivity contribution >= 4 is 10.0 Å². The lowest BCUT2D eigenvalue weighted by Gasteiger charge is -2.09. The summed E-state index contributed by atoms with van der Waals surface area (Å²) in [6.45, 7) is 4.44. The summed E-state index contributed by atoms with van der Waals surface area (Å²) in [5, 5.41) is 8.79. The van der Waals surface area contributed by atoms with Crippen molar-refractivity contribution in [1.29, 1.82) is 0 Å². The first kappa shape index (κ1) is 16.1. The molecule has 1 aromatic rings. The van der Waals surface area contributed by atoms with Crippen LogP contribution in [-0.4, -0.2) is 39.4 Å². The Labute approximate surface area is 114 Å². The molecule has 0 aliphatic rings. The summed E-state index contributed by atoms with van der Waals surface area (Å²) in [6.07, 6.45) is 0.609. The van der Waals surface area contributed by atoms with Crippen molar-refractivity contribution < 1.29 is 18.3 Å². The molecule has 0 aromatic heterocycles. The Morgan fingerprint density at radius 2 is 1.89 bits per heavy atom. The molecule has 0 radical (unpaired) electrons. The number of aliphatic hydroxyl groups is 1. The van der Waals surface area contributed by atoms with Crippen molar-refractivity contribution in [3.8, 4) is 0 Å². The van der Waals surface area contributed by atoms with Crippen molar-refractivity contribution in [2.75, 3.05) is 19.8 Å². The van der Waals surface area contributed by atoms with Crippen LogP contribution >= 0.6 is 0 Å². The van der Waals surface area contributed by atoms with Crippen LogP contribution in [0.4, 0.5) is 0 Å². The number of rotatable bonds is 8. The molecule has 0 bridgehead atoms. The van der Waals surface area contributed by atoms with Gasteiger partial charge in [0.15, 0.2) is 0 Å². The maximum absolute atomic E-state index is 11.9. The smallest absolute Gasteiger partial charge is 0.240 e. The van der Waals surface area contributed by atoms with E-state index >= 15 is 0 Å². The fourth-order valence-corrected chi connectivity index (χ4v) is 2.53. The molecule has 0 aliphatic heterocycles. The van der Waals surface area contributed by atoms with Crippen molar-refractivity contribution in [3.63, 3.8) is 0 Å². The standard InChI is InChI=1S/C13H21NO4S/c1-11(2)18-10-8-14-19(16,17)13-5-3-12(4-6-13)7-9-15/h3-6,11,14-15H,7-10H2,1-2H3. The number of aliphatic hydroxyl groups excluding tert-OH is 1. The van der Waals surface area contributed by atoms with Crippen LogP contribution in [0.1, 0.15) is 19.4 Å². The molecule has 0 fully saturated rings. The van der Waals surface area contributed by atoms with E-state index in [1.54, 1.807) is 12.1 Å². The Balaban J connectivity index is 2.56. The first-order valence-corrected chi connectivity index (χ1v) is 7.75. The van der Waals surface area contributed by atoms with E-state index in [1.165, 1.54) is 12.1 Å². The highest BCUT2D eigenvalue weighted by Crippen LogP contribution is 2.10. The molecule has 0 saturated heterocycles. The lowest BCUT2D eigenvalue weighted by molar-refractivity contribution is 0.0834. The van der Waals surface area contributed by atoms with E-state index in [1.807, 2.05) is 13.8 Å². The van der Waals surface area contributed by atoms with Gasteiger partial charge in [0.1, 0.15) is 0 Å². The summed E-state index contributed by atoms with van der Waals surface area (Å²) in [6, 6.07) is 6.48. The predicted molar refractivity (Wildman–Crippen MR) is 73.5 cm³/mol. The number of sulfonamides is 1. The van der Waals surface area contributed by atoms with E-state index in [-0.39, 0.29) is 24.2 Å². The van der Waals surface area contributed by atoms with Gasteiger partial charge in [0, 0.05) is 13.2 Å². The van der Waals surface area contributed by atoms with Gasteiger partial charge in [-0.15, -0.1) is 0 Å². The molecule has 5 nitrogen and oxygen atoms in total. The third kappa shape index (κ3) is 5.69. The van der Waals surface area contributed by atoms with Crippen LogP contribution in [0.25, 0.3) is 0 Å². The molecule has 2 N–H and O–H groups in total. The Morgan fingerprint density at radius 1 is 1.26 bits per heavy atom. The van der Waals surface area contributed by atoms with E-state index in [2.05, 4.69) is 4.72 Å². The second-order valence-electron chi connectivity index (χ2n) is 4.43. The fraction of sp³-hybridized carbons (Fsp3) is 0.538. The average molecular weight is 287 g/mol. The van der Waals surface area contributed by atoms with Crippen molar-refractivity contribution in [2.24, 2.45) is 0 Å². The Bertz CT molecular complexity index is 468. The van der Waals surface area contributed by atoms with Crippen molar-refractivity contribution in [2.45, 2.75) is 31.3 Å². The maximum Gasteiger partial charge on any atom is 0.240 e. The molecule has 1 aromatic carbocycles. The predicted octanol–water partition coefficient (Wildman–Crippen LogP) is 0.925. The summed E-state index contributed by atoms with van der Waals surface area (Å²) in [5.41, 5.74) is 0.907. The topological polar surface area (TPSA) is 75.6 Å². The molecule has 19 heavy (non-hydrogen) atoms. The zero-order chi connectivity index (χ0) is 14.3. The average Bonchev–Trinajstić information content (AvgIpc) is 2.36. The van der Waals surface area contributed by atoms with Crippen LogP contribution in [0.3, 0.4) is 0 Å². The van der Waals surface area contributed by atoms with Crippen LogP contribution in [0.2, 0.25) is 0 Å². The van der Waals surface area contributed by atoms with Gasteiger partial charge in [-0.2, -0.15) is 0 Å². The largest absolute Gasteiger partial charge is 0.396 e. The minimum Gasteiger partial charge on any atom is -0.396 e. The first-order chi connectivity index (χ1) is 8.95. The van der Waals surface area contributed by atoms with Crippen molar-refractivity contribution in [3.05, 3.63) is 29.8 Å². The second-order valence-corrected chi connectivity index (χ2v) is 6.20. The molecule has 0 saturated carbocycles. The van der Waals surface area contributed by atoms with Gasteiger partial charge < -0.3 is 9.84 Å². The zero-order valence-electron chi connectivity index (χ0n) is 11.3. The molecule has 0 heterocycles. The highest BCUT2D eigenvalue weighted by molar-refractivity contribution is 7.89. The van der Waals surface area contributed by atoms with Crippen LogP contribution < -0.4 is 4.72 Å². The van der Waals surface area contributed by atoms with Gasteiger partial charge in [0.25, 0.3) is 0 Å². The van der Waals surface area contributed by atoms with Crippen LogP contribution in [0.15, 0.2) is 29.2 Å². The second kappa shape index (κ2) is 7.59. The number of nitrogens with one attached hydrogen (secondary N) is 1. The summed E-state index contributed by atoms with van der Waals surface area (Å²) in [4.78, 5) is 0.221. The highest BCUT2D eigenvalue weighted by Gasteiger charge is 2.12. The molecule has 0 atom stereocenters. The molecule has 6 heteroatoms. The maximum atomic E-state index is 11.9. The van der Waals surface area contributed by atoms with E-state index in [4.69, 9.17) is 9.84 Å². The highest BCUT2D eigenvalue weighted by atomic mass is 32.2. The number of ether oxygens (including phenoxy) is 1. The molecular weight excluding hydrogens is 266 g/mol. The molecule has 1 rings (SSSR count). The first-order valence-electron chi connectivity index (χ1n) is 6.27. The minimum atomic E-state index is -3.48. The minimum absolute atomic E-state index is 0.0525. The fourth-order valence-electron chi connectivity index (χ4n) is 1.52. The van der Waals surface area contributed by atoms with Crippen LogP contribution in [0.5, 0.6) is 0 Å². The number of benzene rings is 1. The molecule has 0 spiro atoms. The number of hydrogen-bond acceptors (Lipinski definition) is 4. The number of hydrogen-bond donors (Lipinski definition) is 2. The third-order valence-electron chi connectivity index (χ3n) is 2.48. The Hall–Kier alpha value is -0.950. The van der Waals surface area contributed by atoms with E-state index in [0.29, 0.717) is 13.0 Å². The lowest BCUT2D eigenvalue weighted by Crippen LogP contribution is -2.28.